The van der Waals surface area contributed by atoms with Gasteiger partial charge >= 0.3 is 0 Å². The van der Waals surface area contributed by atoms with Gasteiger partial charge in [-0.15, -0.1) is 0 Å². The van der Waals surface area contributed by atoms with E-state index in [1.54, 1.807) is 38.3 Å². The molecule has 2 aromatic rings. The normalized spacial score (nSPS) is 28.7. The lowest BCUT2D eigenvalue weighted by atomic mass is 9.91. The minimum Gasteiger partial charge on any atom is -0.507 e. The Hall–Kier alpha value is -2.89. The van der Waals surface area contributed by atoms with E-state index in [0.29, 0.717) is 11.3 Å². The van der Waals surface area contributed by atoms with E-state index in [0.717, 1.165) is 5.56 Å². The number of aliphatic hydroxyl groups is 4. The van der Waals surface area contributed by atoms with Gasteiger partial charge in [0, 0.05) is 11.1 Å². The predicted molar refractivity (Wildman–Crippen MR) is 117 cm³/mol. The minimum atomic E-state index is -1.63. The maximum Gasteiger partial charge on any atom is 0.229 e. The molecule has 2 aromatic carbocycles. The molecule has 1 saturated heterocycles. The number of carbonyl (C=O) groups excluding carboxylic acids is 1. The molecule has 0 spiro atoms. The molecule has 2 aliphatic rings. The van der Waals surface area contributed by atoms with E-state index < -0.39 is 43.4 Å². The molecule has 2 heterocycles. The number of aliphatic hydroxyl groups excluding tert-OH is 4. The summed E-state index contributed by atoms with van der Waals surface area (Å²) in [5.74, 6) is 0.262. The summed E-state index contributed by atoms with van der Waals surface area (Å²) in [5, 5.41) is 50.6. The molecule has 5 N–H and O–H groups in total. The van der Waals surface area contributed by atoms with Crippen molar-refractivity contribution < 1.29 is 49.3 Å². The first-order valence-corrected chi connectivity index (χ1v) is 10.8. The third-order valence-corrected chi connectivity index (χ3v) is 6.32. The highest BCUT2D eigenvalue weighted by Crippen LogP contribution is 2.48. The molecule has 4 rings (SSSR count). The number of Topliss-reactive ketones (excluding diaryl/α,β-unsaturated/α-hetero) is 1. The number of hydrogen-bond donors (Lipinski definition) is 5. The van der Waals surface area contributed by atoms with Crippen molar-refractivity contribution in [3.8, 4) is 23.0 Å². The van der Waals surface area contributed by atoms with Crippen LogP contribution >= 0.6 is 0 Å². The van der Waals surface area contributed by atoms with Crippen molar-refractivity contribution in [3.05, 3.63) is 46.5 Å². The molecule has 10 nitrogen and oxygen atoms in total. The fraction of sp³-hybridized carbons (Fsp3) is 0.458. The lowest BCUT2D eigenvalue weighted by molar-refractivity contribution is -0.277. The first kappa shape index (κ1) is 24.2. The van der Waals surface area contributed by atoms with Crippen LogP contribution < -0.4 is 14.2 Å². The van der Waals surface area contributed by atoms with Crippen LogP contribution in [0.4, 0.5) is 0 Å². The van der Waals surface area contributed by atoms with Gasteiger partial charge in [-0.25, -0.2) is 0 Å². The summed E-state index contributed by atoms with van der Waals surface area (Å²) in [5.41, 5.74) is 1.39. The van der Waals surface area contributed by atoms with E-state index in [9.17, 15) is 30.3 Å². The second-order valence-electron chi connectivity index (χ2n) is 8.45. The third-order valence-electron chi connectivity index (χ3n) is 6.32. The number of benzene rings is 2. The zero-order valence-corrected chi connectivity index (χ0v) is 19.0. The van der Waals surface area contributed by atoms with Crippen LogP contribution in [0, 0.1) is 13.8 Å². The summed E-state index contributed by atoms with van der Waals surface area (Å²) in [6, 6.07) is 7.09. The molecule has 6 atom stereocenters. The number of ketones is 1. The van der Waals surface area contributed by atoms with Crippen LogP contribution in [0.15, 0.2) is 24.3 Å². The molecule has 2 aliphatic heterocycles. The van der Waals surface area contributed by atoms with Crippen LogP contribution in [0.5, 0.6) is 23.0 Å². The topological polar surface area (TPSA) is 155 Å². The highest BCUT2D eigenvalue weighted by atomic mass is 16.7. The van der Waals surface area contributed by atoms with Gasteiger partial charge in [-0.3, -0.25) is 4.79 Å². The molecule has 0 unspecified atom stereocenters. The number of phenols is 1. The van der Waals surface area contributed by atoms with Crippen molar-refractivity contribution >= 4 is 5.78 Å². The van der Waals surface area contributed by atoms with Crippen LogP contribution in [0.2, 0.25) is 0 Å². The van der Waals surface area contributed by atoms with Crippen molar-refractivity contribution in [1.29, 1.82) is 0 Å². The second-order valence-corrected chi connectivity index (χ2v) is 8.45. The standard InChI is InChI=1S/C24H28O10/c1-10-18(27)17-14(26)8-15(12-4-6-13(31-3)7-5-12)32-23(17)11(2)22(10)34-24-21(30)20(29)19(28)16(9-25)33-24/h4-7,15-16,19-21,24-25,27-30H,8-9H2,1-3H3/t15-,16-,19+,20-,21-,24-/m0/s1. The molecule has 184 valence electrons. The average molecular weight is 476 g/mol. The summed E-state index contributed by atoms with van der Waals surface area (Å²) in [4.78, 5) is 13.0. The number of carbonyl (C=O) groups is 1. The average Bonchev–Trinajstić information content (AvgIpc) is 2.84. The summed E-state index contributed by atoms with van der Waals surface area (Å²) < 4.78 is 22.5. The molecule has 0 bridgehead atoms. The number of methoxy groups -OCH3 is 1. The van der Waals surface area contributed by atoms with Crippen LogP contribution in [0.3, 0.4) is 0 Å². The number of ether oxygens (including phenoxy) is 4. The van der Waals surface area contributed by atoms with Crippen LogP contribution in [-0.2, 0) is 4.74 Å². The van der Waals surface area contributed by atoms with Crippen molar-refractivity contribution in [3.63, 3.8) is 0 Å². The molecule has 34 heavy (non-hydrogen) atoms. The highest BCUT2D eigenvalue weighted by Gasteiger charge is 2.45. The fourth-order valence-corrected chi connectivity index (χ4v) is 4.30. The minimum absolute atomic E-state index is 0.0265. The number of rotatable bonds is 5. The molecule has 0 radical (unpaired) electrons. The summed E-state index contributed by atoms with van der Waals surface area (Å²) in [7, 11) is 1.55. The van der Waals surface area contributed by atoms with Crippen LogP contribution in [0.25, 0.3) is 0 Å². The van der Waals surface area contributed by atoms with Gasteiger partial charge in [0.25, 0.3) is 0 Å². The molecule has 1 fully saturated rings. The molecule has 0 aromatic heterocycles. The number of hydrogen-bond acceptors (Lipinski definition) is 10. The van der Waals surface area contributed by atoms with E-state index in [1.807, 2.05) is 0 Å². The van der Waals surface area contributed by atoms with Gasteiger partial charge in [-0.05, 0) is 31.5 Å². The Kier molecular flexibility index (Phi) is 6.70. The number of phenolic OH excluding ortho intramolecular Hbond substituents is 1. The zero-order valence-electron chi connectivity index (χ0n) is 19.0. The van der Waals surface area contributed by atoms with Gasteiger partial charge in [0.1, 0.15) is 59.1 Å². The van der Waals surface area contributed by atoms with Gasteiger partial charge in [-0.2, -0.15) is 0 Å². The second kappa shape index (κ2) is 9.40. The molecule has 0 aliphatic carbocycles. The summed E-state index contributed by atoms with van der Waals surface area (Å²) in [6.45, 7) is 2.55. The number of fused-ring (bicyclic) bond motifs is 1. The van der Waals surface area contributed by atoms with Gasteiger partial charge < -0.3 is 44.5 Å². The Labute approximate surface area is 195 Å². The molecule has 0 saturated carbocycles. The van der Waals surface area contributed by atoms with E-state index in [2.05, 4.69) is 0 Å². The monoisotopic (exact) mass is 476 g/mol. The van der Waals surface area contributed by atoms with Crippen LogP contribution in [0.1, 0.15) is 39.6 Å². The summed E-state index contributed by atoms with van der Waals surface area (Å²) in [6.07, 6.45) is -7.99. The first-order valence-electron chi connectivity index (χ1n) is 10.8. The van der Waals surface area contributed by atoms with Gasteiger partial charge in [0.05, 0.1) is 20.1 Å². The highest BCUT2D eigenvalue weighted by molar-refractivity contribution is 6.03. The predicted octanol–water partition coefficient (Wildman–Crippen LogP) is 0.903. The Morgan fingerprint density at radius 3 is 2.32 bits per heavy atom. The molecular formula is C24H28O10. The first-order chi connectivity index (χ1) is 16.2. The Bertz CT molecular complexity index is 1060. The third kappa shape index (κ3) is 4.08. The molecular weight excluding hydrogens is 448 g/mol. The quantitative estimate of drug-likeness (QED) is 0.420. The molecule has 10 heteroatoms. The van der Waals surface area contributed by atoms with E-state index >= 15 is 0 Å². The maximum absolute atomic E-state index is 13.0. The van der Waals surface area contributed by atoms with Gasteiger partial charge in [0.15, 0.2) is 5.78 Å². The van der Waals surface area contributed by atoms with E-state index in [4.69, 9.17) is 18.9 Å². The van der Waals surface area contributed by atoms with E-state index in [-0.39, 0.29) is 40.6 Å². The largest absolute Gasteiger partial charge is 0.507 e. The summed E-state index contributed by atoms with van der Waals surface area (Å²) >= 11 is 0. The van der Waals surface area contributed by atoms with Gasteiger partial charge in [0.2, 0.25) is 6.29 Å². The Morgan fingerprint density at radius 2 is 1.71 bits per heavy atom. The van der Waals surface area contributed by atoms with Crippen LogP contribution in [-0.4, -0.2) is 75.7 Å². The SMILES string of the molecule is COc1ccc([C@@H]2CC(=O)c3c(O)c(C)c(O[C@@H]4O[C@@H](CO)[C@@H](O)[C@H](O)[C@@H]4O)c(C)c3O2)cc1. The van der Waals surface area contributed by atoms with Gasteiger partial charge in [-0.1, -0.05) is 12.1 Å². The van der Waals surface area contributed by atoms with Crippen molar-refractivity contribution in [1.82, 2.24) is 0 Å². The number of aromatic hydroxyl groups is 1. The van der Waals surface area contributed by atoms with Crippen molar-refractivity contribution in [2.75, 3.05) is 13.7 Å². The Morgan fingerprint density at radius 1 is 1.03 bits per heavy atom. The maximum atomic E-state index is 13.0. The molecule has 0 amide bonds. The lowest BCUT2D eigenvalue weighted by Gasteiger charge is -2.40. The van der Waals surface area contributed by atoms with E-state index in [1.165, 1.54) is 6.92 Å². The zero-order chi connectivity index (χ0) is 24.7. The van der Waals surface area contributed by atoms with Crippen molar-refractivity contribution in [2.24, 2.45) is 0 Å². The van der Waals surface area contributed by atoms with Crippen molar-refractivity contribution in [2.45, 2.75) is 57.1 Å². The Balaban J connectivity index is 1.69. The smallest absolute Gasteiger partial charge is 0.229 e. The fourth-order valence-electron chi connectivity index (χ4n) is 4.30. The lowest BCUT2D eigenvalue weighted by Crippen LogP contribution is -2.60.